The molecule has 0 spiro atoms. The van der Waals surface area contributed by atoms with Crippen molar-refractivity contribution in [2.45, 2.75) is 19.4 Å². The minimum atomic E-state index is 0.554. The summed E-state index contributed by atoms with van der Waals surface area (Å²) in [5.41, 5.74) is 7.92. The molecule has 2 N–H and O–H groups in total. The molecule has 1 fully saturated rings. The second kappa shape index (κ2) is 4.90. The highest BCUT2D eigenvalue weighted by Crippen LogP contribution is 2.28. The fraction of sp³-hybridized carbons (Fsp3) is 0.462. The van der Waals surface area contributed by atoms with Crippen molar-refractivity contribution in [1.29, 1.82) is 0 Å². The molecule has 0 atom stereocenters. The second-order valence-electron chi connectivity index (χ2n) is 4.77. The number of fused-ring (bicyclic) bond motifs is 1. The number of nitrogen functional groups attached to an aromatic ring is 1. The maximum absolute atomic E-state index is 5.94. The number of hydrogen-bond acceptors (Lipinski definition) is 3. The zero-order valence-corrected chi connectivity index (χ0v) is 11.7. The molecule has 1 aliphatic carbocycles. The number of aromatic nitrogens is 2. The third-order valence-electron chi connectivity index (χ3n) is 3.25. The highest BCUT2D eigenvalue weighted by molar-refractivity contribution is 9.10. The summed E-state index contributed by atoms with van der Waals surface area (Å²) in [5.74, 6) is 1.36. The first-order chi connectivity index (χ1) is 8.74. The van der Waals surface area contributed by atoms with Crippen molar-refractivity contribution in [1.82, 2.24) is 9.55 Å². The summed E-state index contributed by atoms with van der Waals surface area (Å²) in [6.07, 6.45) is 2.65. The lowest BCUT2D eigenvalue weighted by Gasteiger charge is -2.07. The van der Waals surface area contributed by atoms with E-state index in [2.05, 4.69) is 20.9 Å². The number of ether oxygens (including phenoxy) is 1. The van der Waals surface area contributed by atoms with Crippen LogP contribution in [0.2, 0.25) is 0 Å². The predicted octanol–water partition coefficient (Wildman–Crippen LogP) is 2.81. The molecule has 5 heteroatoms. The van der Waals surface area contributed by atoms with Gasteiger partial charge in [-0.2, -0.15) is 0 Å². The molecular formula is C13H16BrN3O. The van der Waals surface area contributed by atoms with Crippen molar-refractivity contribution in [2.75, 3.05) is 18.9 Å². The molecule has 1 aromatic heterocycles. The summed E-state index contributed by atoms with van der Waals surface area (Å²) >= 11 is 3.47. The van der Waals surface area contributed by atoms with E-state index in [1.54, 1.807) is 0 Å². The maximum atomic E-state index is 5.94. The van der Waals surface area contributed by atoms with Gasteiger partial charge < -0.3 is 15.0 Å². The van der Waals surface area contributed by atoms with Crippen LogP contribution in [-0.4, -0.2) is 22.8 Å². The Morgan fingerprint density at radius 2 is 2.28 bits per heavy atom. The van der Waals surface area contributed by atoms with Gasteiger partial charge in [0.15, 0.2) is 0 Å². The molecule has 4 nitrogen and oxygen atoms in total. The van der Waals surface area contributed by atoms with Crippen molar-refractivity contribution in [2.24, 2.45) is 5.92 Å². The van der Waals surface area contributed by atoms with Crippen LogP contribution >= 0.6 is 15.9 Å². The van der Waals surface area contributed by atoms with Gasteiger partial charge in [0.2, 0.25) is 5.95 Å². The Morgan fingerprint density at radius 1 is 1.44 bits per heavy atom. The zero-order valence-electron chi connectivity index (χ0n) is 10.1. The Hall–Kier alpha value is -1.07. The Bertz CT molecular complexity index is 563. The Kier molecular flexibility index (Phi) is 3.26. The SMILES string of the molecule is Nc1nc2ccc(Br)cc2n1CCOCC1CC1. The maximum Gasteiger partial charge on any atom is 0.201 e. The highest BCUT2D eigenvalue weighted by Gasteiger charge is 2.21. The number of rotatable bonds is 5. The van der Waals surface area contributed by atoms with Gasteiger partial charge in [-0.15, -0.1) is 0 Å². The first-order valence-corrected chi connectivity index (χ1v) is 7.02. The normalized spacial score (nSPS) is 15.4. The van der Waals surface area contributed by atoms with Crippen molar-refractivity contribution in [3.63, 3.8) is 0 Å². The number of hydrogen-bond donors (Lipinski definition) is 1. The van der Waals surface area contributed by atoms with E-state index in [9.17, 15) is 0 Å². The van der Waals surface area contributed by atoms with E-state index >= 15 is 0 Å². The Balaban J connectivity index is 1.72. The number of anilines is 1. The smallest absolute Gasteiger partial charge is 0.201 e. The van der Waals surface area contributed by atoms with Crippen LogP contribution in [0.1, 0.15) is 12.8 Å². The average Bonchev–Trinajstić information content (AvgIpc) is 3.11. The summed E-state index contributed by atoms with van der Waals surface area (Å²) in [7, 11) is 0. The van der Waals surface area contributed by atoms with E-state index in [-0.39, 0.29) is 0 Å². The first kappa shape index (κ1) is 12.0. The van der Waals surface area contributed by atoms with Gasteiger partial charge >= 0.3 is 0 Å². The summed E-state index contributed by atoms with van der Waals surface area (Å²) in [4.78, 5) is 4.34. The largest absolute Gasteiger partial charge is 0.379 e. The summed E-state index contributed by atoms with van der Waals surface area (Å²) in [6.45, 7) is 2.33. The van der Waals surface area contributed by atoms with Crippen molar-refractivity contribution >= 4 is 32.9 Å². The fourth-order valence-electron chi connectivity index (χ4n) is 2.04. The van der Waals surface area contributed by atoms with Crippen molar-refractivity contribution < 1.29 is 4.74 Å². The molecule has 0 radical (unpaired) electrons. The van der Waals surface area contributed by atoms with E-state index in [0.29, 0.717) is 12.6 Å². The molecule has 1 saturated carbocycles. The molecule has 0 aliphatic heterocycles. The number of benzene rings is 1. The molecule has 0 bridgehead atoms. The van der Waals surface area contributed by atoms with E-state index in [1.165, 1.54) is 12.8 Å². The summed E-state index contributed by atoms with van der Waals surface area (Å²) < 4.78 is 8.69. The third kappa shape index (κ3) is 2.52. The predicted molar refractivity (Wildman–Crippen MR) is 75.4 cm³/mol. The minimum absolute atomic E-state index is 0.554. The number of imidazole rings is 1. The number of nitrogens with two attached hydrogens (primary N) is 1. The van der Waals surface area contributed by atoms with Gasteiger partial charge in [0, 0.05) is 17.6 Å². The minimum Gasteiger partial charge on any atom is -0.379 e. The van der Waals surface area contributed by atoms with Gasteiger partial charge in [-0.3, -0.25) is 0 Å². The van der Waals surface area contributed by atoms with Gasteiger partial charge in [0.05, 0.1) is 17.6 Å². The van der Waals surface area contributed by atoms with E-state index < -0.39 is 0 Å². The van der Waals surface area contributed by atoms with Crippen molar-refractivity contribution in [3.8, 4) is 0 Å². The second-order valence-corrected chi connectivity index (χ2v) is 5.69. The molecule has 0 saturated heterocycles. The van der Waals surface area contributed by atoms with Crippen LogP contribution < -0.4 is 5.73 Å². The quantitative estimate of drug-likeness (QED) is 0.864. The van der Waals surface area contributed by atoms with Crippen LogP contribution in [0.15, 0.2) is 22.7 Å². The molecule has 1 aliphatic rings. The van der Waals surface area contributed by atoms with Gasteiger partial charge in [0.25, 0.3) is 0 Å². The third-order valence-corrected chi connectivity index (χ3v) is 3.74. The molecule has 96 valence electrons. The topological polar surface area (TPSA) is 53.1 Å². The van der Waals surface area contributed by atoms with Crippen LogP contribution in [0.5, 0.6) is 0 Å². The lowest BCUT2D eigenvalue weighted by molar-refractivity contribution is 0.118. The summed E-state index contributed by atoms with van der Waals surface area (Å²) in [6, 6.07) is 5.99. The van der Waals surface area contributed by atoms with Crippen LogP contribution in [0.3, 0.4) is 0 Å². The monoisotopic (exact) mass is 309 g/mol. The molecule has 2 aromatic rings. The molecule has 18 heavy (non-hydrogen) atoms. The van der Waals surface area contributed by atoms with Crippen LogP contribution in [0.4, 0.5) is 5.95 Å². The van der Waals surface area contributed by atoms with E-state index in [1.807, 2.05) is 22.8 Å². The molecule has 0 amide bonds. The highest BCUT2D eigenvalue weighted by atomic mass is 79.9. The standard InChI is InChI=1S/C13H16BrN3O/c14-10-3-4-11-12(7-10)17(13(15)16-11)5-6-18-8-9-1-2-9/h3-4,7,9H,1-2,5-6,8H2,(H2,15,16). The molecule has 1 aromatic carbocycles. The molecule has 1 heterocycles. The van der Waals surface area contributed by atoms with Gasteiger partial charge in [-0.05, 0) is 37.0 Å². The van der Waals surface area contributed by atoms with E-state index in [0.717, 1.165) is 34.6 Å². The Morgan fingerprint density at radius 3 is 3.06 bits per heavy atom. The van der Waals surface area contributed by atoms with Crippen molar-refractivity contribution in [3.05, 3.63) is 22.7 Å². The summed E-state index contributed by atoms with van der Waals surface area (Å²) in [5, 5.41) is 0. The lowest BCUT2D eigenvalue weighted by atomic mass is 10.3. The first-order valence-electron chi connectivity index (χ1n) is 6.23. The van der Waals surface area contributed by atoms with Gasteiger partial charge in [0.1, 0.15) is 0 Å². The molecule has 0 unspecified atom stereocenters. The average molecular weight is 310 g/mol. The fourth-order valence-corrected chi connectivity index (χ4v) is 2.39. The lowest BCUT2D eigenvalue weighted by Crippen LogP contribution is -2.10. The number of nitrogens with zero attached hydrogens (tertiary/aromatic N) is 2. The van der Waals surface area contributed by atoms with E-state index in [4.69, 9.17) is 10.5 Å². The van der Waals surface area contributed by atoms with Gasteiger partial charge in [-0.25, -0.2) is 4.98 Å². The zero-order chi connectivity index (χ0) is 12.5. The molecule has 3 rings (SSSR count). The number of halogens is 1. The van der Waals surface area contributed by atoms with Crippen LogP contribution in [0, 0.1) is 5.92 Å². The van der Waals surface area contributed by atoms with Crippen LogP contribution in [-0.2, 0) is 11.3 Å². The molecular weight excluding hydrogens is 294 g/mol. The Labute approximate surface area is 114 Å². The van der Waals surface area contributed by atoms with Gasteiger partial charge in [-0.1, -0.05) is 15.9 Å². The van der Waals surface area contributed by atoms with Crippen LogP contribution in [0.25, 0.3) is 11.0 Å².